The molecule has 3 nitrogen and oxygen atoms in total. The molecular weight excluding hydrogens is 218 g/mol. The van der Waals surface area contributed by atoms with E-state index in [1.165, 1.54) is 24.2 Å². The standard InChI is InChI=1S/C12H17N3S/c1-3-4-10-8-15(7-9(10)2)12-14-6-11(5-13)16-12/h6,9-10H,3-4,7-8H2,1-2H3. The molecule has 0 saturated carbocycles. The Balaban J connectivity index is 2.05. The molecule has 1 aromatic heterocycles. The van der Waals surface area contributed by atoms with Gasteiger partial charge in [-0.05, 0) is 18.3 Å². The monoisotopic (exact) mass is 235 g/mol. The van der Waals surface area contributed by atoms with Crippen molar-refractivity contribution in [3.63, 3.8) is 0 Å². The summed E-state index contributed by atoms with van der Waals surface area (Å²) in [4.78, 5) is 7.36. The smallest absolute Gasteiger partial charge is 0.186 e. The fraction of sp³-hybridized carbons (Fsp3) is 0.667. The summed E-state index contributed by atoms with van der Waals surface area (Å²) in [6, 6.07) is 2.15. The van der Waals surface area contributed by atoms with Gasteiger partial charge >= 0.3 is 0 Å². The molecule has 0 amide bonds. The lowest BCUT2D eigenvalue weighted by molar-refractivity contribution is 0.418. The summed E-state index contributed by atoms with van der Waals surface area (Å²) in [6.07, 6.45) is 4.23. The van der Waals surface area contributed by atoms with Crippen molar-refractivity contribution in [2.45, 2.75) is 26.7 Å². The van der Waals surface area contributed by atoms with Crippen molar-refractivity contribution in [3.8, 4) is 6.07 Å². The molecule has 1 saturated heterocycles. The van der Waals surface area contributed by atoms with Gasteiger partial charge in [-0.15, -0.1) is 0 Å². The van der Waals surface area contributed by atoms with Gasteiger partial charge in [0.25, 0.3) is 0 Å². The lowest BCUT2D eigenvalue weighted by Crippen LogP contribution is -2.19. The van der Waals surface area contributed by atoms with Crippen molar-refractivity contribution in [2.24, 2.45) is 11.8 Å². The van der Waals surface area contributed by atoms with E-state index < -0.39 is 0 Å². The van der Waals surface area contributed by atoms with E-state index in [1.807, 2.05) is 0 Å². The van der Waals surface area contributed by atoms with E-state index in [-0.39, 0.29) is 0 Å². The van der Waals surface area contributed by atoms with Crippen molar-refractivity contribution >= 4 is 16.5 Å². The molecule has 2 atom stereocenters. The zero-order valence-corrected chi connectivity index (χ0v) is 10.6. The molecule has 0 bridgehead atoms. The molecule has 1 aliphatic heterocycles. The van der Waals surface area contributed by atoms with Crippen LogP contribution < -0.4 is 4.90 Å². The van der Waals surface area contributed by atoms with Gasteiger partial charge in [-0.25, -0.2) is 4.98 Å². The number of anilines is 1. The van der Waals surface area contributed by atoms with E-state index in [0.29, 0.717) is 4.88 Å². The summed E-state index contributed by atoms with van der Waals surface area (Å²) in [5.41, 5.74) is 0. The minimum atomic E-state index is 0.710. The van der Waals surface area contributed by atoms with E-state index in [9.17, 15) is 0 Å². The molecular formula is C12H17N3S. The zero-order valence-electron chi connectivity index (χ0n) is 9.81. The Morgan fingerprint density at radius 2 is 2.44 bits per heavy atom. The lowest BCUT2D eigenvalue weighted by atomic mass is 9.94. The molecule has 86 valence electrons. The van der Waals surface area contributed by atoms with Crippen LogP contribution in [-0.2, 0) is 0 Å². The number of hydrogen-bond acceptors (Lipinski definition) is 4. The van der Waals surface area contributed by atoms with Crippen LogP contribution in [-0.4, -0.2) is 18.1 Å². The fourth-order valence-electron chi connectivity index (χ4n) is 2.40. The maximum atomic E-state index is 8.78. The molecule has 16 heavy (non-hydrogen) atoms. The van der Waals surface area contributed by atoms with Gasteiger partial charge in [-0.2, -0.15) is 5.26 Å². The van der Waals surface area contributed by atoms with Crippen LogP contribution in [0.3, 0.4) is 0 Å². The largest absolute Gasteiger partial charge is 0.347 e. The van der Waals surface area contributed by atoms with Gasteiger partial charge in [0.1, 0.15) is 10.9 Å². The second-order valence-electron chi connectivity index (χ2n) is 4.55. The summed E-state index contributed by atoms with van der Waals surface area (Å²) in [6.45, 7) is 6.75. The molecule has 1 aliphatic rings. The first-order chi connectivity index (χ1) is 7.74. The number of nitrogens with zero attached hydrogens (tertiary/aromatic N) is 3. The second kappa shape index (κ2) is 4.84. The third kappa shape index (κ3) is 2.19. The Morgan fingerprint density at radius 3 is 3.06 bits per heavy atom. The molecule has 0 N–H and O–H groups in total. The summed E-state index contributed by atoms with van der Waals surface area (Å²) in [7, 11) is 0. The Kier molecular flexibility index (Phi) is 3.45. The van der Waals surface area contributed by atoms with Crippen molar-refractivity contribution < 1.29 is 0 Å². The average Bonchev–Trinajstić information content (AvgIpc) is 2.86. The first-order valence-electron chi connectivity index (χ1n) is 5.85. The zero-order chi connectivity index (χ0) is 11.5. The minimum Gasteiger partial charge on any atom is -0.347 e. The first-order valence-corrected chi connectivity index (χ1v) is 6.67. The normalized spacial score (nSPS) is 24.7. The predicted molar refractivity (Wildman–Crippen MR) is 66.6 cm³/mol. The summed E-state index contributed by atoms with van der Waals surface area (Å²) in [5.74, 6) is 1.54. The maximum Gasteiger partial charge on any atom is 0.186 e. The summed E-state index contributed by atoms with van der Waals surface area (Å²) >= 11 is 1.51. The SMILES string of the molecule is CCCC1CN(c2ncc(C#N)s2)CC1C. The van der Waals surface area contributed by atoms with E-state index in [0.717, 1.165) is 30.1 Å². The van der Waals surface area contributed by atoms with E-state index >= 15 is 0 Å². The number of aromatic nitrogens is 1. The number of nitriles is 1. The lowest BCUT2D eigenvalue weighted by Gasteiger charge is -2.14. The molecule has 2 unspecified atom stereocenters. The third-order valence-corrected chi connectivity index (χ3v) is 4.26. The molecule has 2 rings (SSSR count). The van der Waals surface area contributed by atoms with Crippen molar-refractivity contribution in [3.05, 3.63) is 11.1 Å². The highest BCUT2D eigenvalue weighted by Gasteiger charge is 2.30. The van der Waals surface area contributed by atoms with Gasteiger partial charge in [-0.3, -0.25) is 0 Å². The molecule has 0 spiro atoms. The number of hydrogen-bond donors (Lipinski definition) is 0. The van der Waals surface area contributed by atoms with E-state index in [2.05, 4.69) is 29.8 Å². The Bertz CT molecular complexity index is 393. The van der Waals surface area contributed by atoms with Crippen LogP contribution in [0.25, 0.3) is 0 Å². The van der Waals surface area contributed by atoms with Crippen LogP contribution in [0.2, 0.25) is 0 Å². The van der Waals surface area contributed by atoms with E-state index in [1.54, 1.807) is 6.20 Å². The Labute approximate surface area is 101 Å². The highest BCUT2D eigenvalue weighted by molar-refractivity contribution is 7.16. The molecule has 1 aromatic rings. The summed E-state index contributed by atoms with van der Waals surface area (Å²) in [5, 5.41) is 9.80. The minimum absolute atomic E-state index is 0.710. The molecule has 0 radical (unpaired) electrons. The molecule has 2 heterocycles. The van der Waals surface area contributed by atoms with Crippen LogP contribution >= 0.6 is 11.3 Å². The average molecular weight is 235 g/mol. The maximum absolute atomic E-state index is 8.78. The Hall–Kier alpha value is -1.08. The summed E-state index contributed by atoms with van der Waals surface area (Å²) < 4.78 is 0. The number of thiazole rings is 1. The fourth-order valence-corrected chi connectivity index (χ4v) is 3.13. The molecule has 1 fully saturated rings. The van der Waals surface area contributed by atoms with Gasteiger partial charge in [-0.1, -0.05) is 31.6 Å². The first kappa shape index (κ1) is 11.4. The van der Waals surface area contributed by atoms with Crippen molar-refractivity contribution in [2.75, 3.05) is 18.0 Å². The van der Waals surface area contributed by atoms with Gasteiger partial charge in [0.15, 0.2) is 5.13 Å². The second-order valence-corrected chi connectivity index (χ2v) is 5.56. The van der Waals surface area contributed by atoms with Crippen LogP contribution in [0, 0.1) is 23.2 Å². The van der Waals surface area contributed by atoms with Gasteiger partial charge in [0.2, 0.25) is 0 Å². The predicted octanol–water partition coefficient (Wildman–Crippen LogP) is 2.89. The van der Waals surface area contributed by atoms with Crippen LogP contribution in [0.15, 0.2) is 6.20 Å². The number of rotatable bonds is 3. The van der Waals surface area contributed by atoms with Gasteiger partial charge < -0.3 is 4.90 Å². The highest BCUT2D eigenvalue weighted by Crippen LogP contribution is 2.32. The van der Waals surface area contributed by atoms with Gasteiger partial charge in [0, 0.05) is 13.1 Å². The third-order valence-electron chi connectivity index (χ3n) is 3.30. The van der Waals surface area contributed by atoms with Crippen molar-refractivity contribution in [1.82, 2.24) is 4.98 Å². The van der Waals surface area contributed by atoms with Crippen LogP contribution in [0.1, 0.15) is 31.6 Å². The Morgan fingerprint density at radius 1 is 1.62 bits per heavy atom. The molecule has 4 heteroatoms. The van der Waals surface area contributed by atoms with Crippen LogP contribution in [0.5, 0.6) is 0 Å². The molecule has 0 aliphatic carbocycles. The van der Waals surface area contributed by atoms with E-state index in [4.69, 9.17) is 5.26 Å². The van der Waals surface area contributed by atoms with Crippen LogP contribution in [0.4, 0.5) is 5.13 Å². The highest BCUT2D eigenvalue weighted by atomic mass is 32.1. The van der Waals surface area contributed by atoms with Gasteiger partial charge in [0.05, 0.1) is 6.20 Å². The topological polar surface area (TPSA) is 39.9 Å². The van der Waals surface area contributed by atoms with Crippen molar-refractivity contribution in [1.29, 1.82) is 5.26 Å². The molecule has 0 aromatic carbocycles. The quantitative estimate of drug-likeness (QED) is 0.808.